The molecule has 2 aromatic carbocycles. The predicted octanol–water partition coefficient (Wildman–Crippen LogP) is 5.21. The molecule has 1 fully saturated rings. The third-order valence-corrected chi connectivity index (χ3v) is 7.72. The molecule has 1 aromatic heterocycles. The van der Waals surface area contributed by atoms with E-state index in [1.807, 2.05) is 0 Å². The number of oxazole rings is 1. The smallest absolute Gasteiger partial charge is 0.340 e. The highest BCUT2D eigenvalue weighted by Gasteiger charge is 2.22. The molecular formula is C29H38N4O4S. The Morgan fingerprint density at radius 1 is 1.00 bits per heavy atom. The van der Waals surface area contributed by atoms with E-state index >= 15 is 0 Å². The average molecular weight is 539 g/mol. The second kappa shape index (κ2) is 12.8. The molecule has 1 N–H and O–H groups in total. The number of carbonyl (C=O) groups is 2. The minimum absolute atomic E-state index is 0.0475. The van der Waals surface area contributed by atoms with Gasteiger partial charge in [0.1, 0.15) is 5.52 Å². The van der Waals surface area contributed by atoms with Gasteiger partial charge in [0.15, 0.2) is 5.58 Å². The zero-order chi connectivity index (χ0) is 27.2. The van der Waals surface area contributed by atoms with Gasteiger partial charge in [0, 0.05) is 44.2 Å². The number of piperazine rings is 1. The van der Waals surface area contributed by atoms with Crippen LogP contribution in [0.25, 0.3) is 11.1 Å². The molecule has 0 aliphatic carbocycles. The Labute approximate surface area is 229 Å². The van der Waals surface area contributed by atoms with Crippen molar-refractivity contribution < 1.29 is 18.7 Å². The summed E-state index contributed by atoms with van der Waals surface area (Å²) in [6.45, 7) is 13.5. The van der Waals surface area contributed by atoms with Gasteiger partial charge in [-0.05, 0) is 35.1 Å². The van der Waals surface area contributed by atoms with Crippen molar-refractivity contribution in [1.82, 2.24) is 14.8 Å². The van der Waals surface area contributed by atoms with Gasteiger partial charge in [0.25, 0.3) is 5.22 Å². The highest BCUT2D eigenvalue weighted by atomic mass is 32.2. The fourth-order valence-corrected chi connectivity index (χ4v) is 5.60. The van der Waals surface area contributed by atoms with Gasteiger partial charge in [-0.3, -0.25) is 14.6 Å². The lowest BCUT2D eigenvalue weighted by Gasteiger charge is -2.34. The van der Waals surface area contributed by atoms with Crippen LogP contribution < -0.4 is 5.32 Å². The molecule has 0 spiro atoms. The van der Waals surface area contributed by atoms with Crippen LogP contribution in [0.3, 0.4) is 0 Å². The maximum absolute atomic E-state index is 13.0. The number of aromatic nitrogens is 1. The zero-order valence-corrected chi connectivity index (χ0v) is 23.8. The monoisotopic (exact) mass is 538 g/mol. The first-order valence-corrected chi connectivity index (χ1v) is 14.2. The van der Waals surface area contributed by atoms with Crippen molar-refractivity contribution in [3.05, 3.63) is 53.1 Å². The van der Waals surface area contributed by atoms with Crippen molar-refractivity contribution in [3.63, 3.8) is 0 Å². The molecule has 0 saturated carbocycles. The van der Waals surface area contributed by atoms with Crippen molar-refractivity contribution in [3.8, 4) is 0 Å². The first-order valence-electron chi connectivity index (χ1n) is 13.2. The minimum Gasteiger partial charge on any atom is -0.465 e. The normalized spacial score (nSPS) is 14.9. The maximum Gasteiger partial charge on any atom is 0.340 e. The standard InChI is InChI=1S/C29H38N4O4S/c1-19(2)21-8-6-9-22(20(3)4)26(21)30-25(34)18-33-14-12-32(13-15-33)16-17-38-29-31-27-23(28(35)36-5)10-7-11-24(27)37-29/h6-11,19-20H,12-18H2,1-5H3,(H,30,34). The zero-order valence-electron chi connectivity index (χ0n) is 23.0. The summed E-state index contributed by atoms with van der Waals surface area (Å²) in [5.41, 5.74) is 4.88. The molecule has 38 heavy (non-hydrogen) atoms. The van der Waals surface area contributed by atoms with Crippen LogP contribution in [0.1, 0.15) is 61.0 Å². The third-order valence-electron chi connectivity index (χ3n) is 6.91. The van der Waals surface area contributed by atoms with Crippen LogP contribution in [0.15, 0.2) is 46.0 Å². The molecule has 204 valence electrons. The summed E-state index contributed by atoms with van der Waals surface area (Å²) < 4.78 is 10.7. The highest BCUT2D eigenvalue weighted by molar-refractivity contribution is 7.99. The molecule has 2 heterocycles. The molecule has 9 heteroatoms. The molecule has 1 aliphatic rings. The van der Waals surface area contributed by atoms with E-state index in [0.717, 1.165) is 44.2 Å². The van der Waals surface area contributed by atoms with Gasteiger partial charge >= 0.3 is 5.97 Å². The number of ether oxygens (including phenoxy) is 1. The largest absolute Gasteiger partial charge is 0.465 e. The fourth-order valence-electron chi connectivity index (χ4n) is 4.78. The van der Waals surface area contributed by atoms with E-state index < -0.39 is 5.97 Å². The Morgan fingerprint density at radius 3 is 2.26 bits per heavy atom. The molecule has 3 aromatic rings. The molecule has 1 aliphatic heterocycles. The molecule has 0 bridgehead atoms. The summed E-state index contributed by atoms with van der Waals surface area (Å²) in [4.78, 5) is 34.1. The van der Waals surface area contributed by atoms with Crippen molar-refractivity contribution in [1.29, 1.82) is 0 Å². The molecule has 0 atom stereocenters. The second-order valence-electron chi connectivity index (χ2n) is 10.3. The molecule has 4 rings (SSSR count). The number of amides is 1. The SMILES string of the molecule is COC(=O)c1cccc2oc(SCCN3CCN(CC(=O)Nc4c(C(C)C)cccc4C(C)C)CC3)nc12. The summed E-state index contributed by atoms with van der Waals surface area (Å²) in [5, 5.41) is 3.78. The molecule has 1 saturated heterocycles. The quantitative estimate of drug-likeness (QED) is 0.278. The molecule has 1 amide bonds. The van der Waals surface area contributed by atoms with E-state index in [4.69, 9.17) is 9.15 Å². The van der Waals surface area contributed by atoms with Gasteiger partial charge in [-0.25, -0.2) is 9.78 Å². The molecular weight excluding hydrogens is 500 g/mol. The first kappa shape index (κ1) is 28.1. The van der Waals surface area contributed by atoms with Gasteiger partial charge < -0.3 is 14.5 Å². The number of methoxy groups -OCH3 is 1. The number of esters is 1. The Bertz CT molecular complexity index is 1240. The first-order chi connectivity index (χ1) is 18.3. The van der Waals surface area contributed by atoms with Crippen molar-refractivity contribution >= 4 is 40.4 Å². The van der Waals surface area contributed by atoms with Crippen LogP contribution in [0.4, 0.5) is 5.69 Å². The van der Waals surface area contributed by atoms with E-state index in [-0.39, 0.29) is 5.91 Å². The molecule has 0 unspecified atom stereocenters. The van der Waals surface area contributed by atoms with Gasteiger partial charge in [-0.15, -0.1) is 0 Å². The number of thioether (sulfide) groups is 1. The lowest BCUT2D eigenvalue weighted by molar-refractivity contribution is -0.117. The van der Waals surface area contributed by atoms with E-state index in [1.54, 1.807) is 18.2 Å². The Morgan fingerprint density at radius 2 is 1.63 bits per heavy atom. The number of anilines is 1. The lowest BCUT2D eigenvalue weighted by atomic mass is 9.92. The van der Waals surface area contributed by atoms with Gasteiger partial charge in [0.2, 0.25) is 5.91 Å². The van der Waals surface area contributed by atoms with Crippen LogP contribution >= 0.6 is 11.8 Å². The summed E-state index contributed by atoms with van der Waals surface area (Å²) in [7, 11) is 1.36. The fraction of sp³-hybridized carbons (Fsp3) is 0.483. The average Bonchev–Trinajstić information content (AvgIpc) is 3.32. The summed E-state index contributed by atoms with van der Waals surface area (Å²) in [6, 6.07) is 11.6. The van der Waals surface area contributed by atoms with Crippen molar-refractivity contribution in [2.45, 2.75) is 44.8 Å². The summed E-state index contributed by atoms with van der Waals surface area (Å²) in [5.74, 6) is 1.14. The van der Waals surface area contributed by atoms with Crippen LogP contribution in [0, 0.1) is 0 Å². The number of benzene rings is 2. The number of nitrogens with zero attached hydrogens (tertiary/aromatic N) is 3. The van der Waals surface area contributed by atoms with Crippen LogP contribution in [-0.4, -0.2) is 78.8 Å². The highest BCUT2D eigenvalue weighted by Crippen LogP contribution is 2.32. The second-order valence-corrected chi connectivity index (χ2v) is 11.3. The number of rotatable bonds is 10. The number of para-hydroxylation sites is 2. The van der Waals surface area contributed by atoms with Crippen LogP contribution in [-0.2, 0) is 9.53 Å². The third kappa shape index (κ3) is 6.76. The minimum atomic E-state index is -0.420. The van der Waals surface area contributed by atoms with E-state index in [0.29, 0.717) is 40.3 Å². The molecule has 8 nitrogen and oxygen atoms in total. The number of nitrogens with one attached hydrogen (secondary N) is 1. The van der Waals surface area contributed by atoms with E-state index in [1.165, 1.54) is 30.0 Å². The number of hydrogen-bond donors (Lipinski definition) is 1. The summed E-state index contributed by atoms with van der Waals surface area (Å²) >= 11 is 1.54. The predicted molar refractivity (Wildman–Crippen MR) is 152 cm³/mol. The van der Waals surface area contributed by atoms with E-state index in [2.05, 4.69) is 66.0 Å². The Hall–Kier alpha value is -2.88. The van der Waals surface area contributed by atoms with Crippen LogP contribution in [0.2, 0.25) is 0 Å². The number of hydrogen-bond acceptors (Lipinski definition) is 8. The van der Waals surface area contributed by atoms with E-state index in [9.17, 15) is 9.59 Å². The lowest BCUT2D eigenvalue weighted by Crippen LogP contribution is -2.49. The summed E-state index contributed by atoms with van der Waals surface area (Å²) in [6.07, 6.45) is 0. The number of fused-ring (bicyclic) bond motifs is 1. The van der Waals surface area contributed by atoms with Gasteiger partial charge in [-0.2, -0.15) is 0 Å². The Kier molecular flexibility index (Phi) is 9.46. The van der Waals surface area contributed by atoms with Crippen molar-refractivity contribution in [2.75, 3.05) is 57.4 Å². The van der Waals surface area contributed by atoms with Crippen LogP contribution in [0.5, 0.6) is 0 Å². The van der Waals surface area contributed by atoms with Crippen molar-refractivity contribution in [2.24, 2.45) is 0 Å². The number of carbonyl (C=O) groups excluding carboxylic acids is 2. The van der Waals surface area contributed by atoms with Gasteiger partial charge in [-0.1, -0.05) is 63.7 Å². The Balaban J connectivity index is 1.25. The van der Waals surface area contributed by atoms with Gasteiger partial charge in [0.05, 0.1) is 19.2 Å². The maximum atomic E-state index is 13.0. The molecule has 0 radical (unpaired) electrons. The topological polar surface area (TPSA) is 87.9 Å².